The lowest BCUT2D eigenvalue weighted by atomic mass is 10.2. The van der Waals surface area contributed by atoms with E-state index >= 15 is 0 Å². The minimum absolute atomic E-state index is 0.631. The van der Waals surface area contributed by atoms with Gasteiger partial charge in [0.1, 0.15) is 0 Å². The molecular weight excluding hydrogens is 222 g/mol. The number of hydrogen-bond acceptors (Lipinski definition) is 0. The average Bonchev–Trinajstić information content (AvgIpc) is 2.11. The summed E-state index contributed by atoms with van der Waals surface area (Å²) in [5, 5.41) is 0. The fourth-order valence-electron chi connectivity index (χ4n) is 1.25. The highest BCUT2D eigenvalue weighted by Crippen LogP contribution is 2.15. The van der Waals surface area contributed by atoms with Crippen molar-refractivity contribution in [3.05, 3.63) is 35.4 Å². The molecule has 4 heteroatoms. The summed E-state index contributed by atoms with van der Waals surface area (Å²) in [5.74, 6) is -1.57. The second-order valence-electron chi connectivity index (χ2n) is 4.22. The highest BCUT2D eigenvalue weighted by Gasteiger charge is 2.20. The summed E-state index contributed by atoms with van der Waals surface area (Å²) in [6.45, 7) is 4.25. The maximum Gasteiger partial charge on any atom is 0.159 e. The van der Waals surface area contributed by atoms with Gasteiger partial charge >= 0.3 is 0 Å². The van der Waals surface area contributed by atoms with Crippen molar-refractivity contribution in [3.63, 3.8) is 0 Å². The zero-order chi connectivity index (χ0) is 10.8. The topological polar surface area (TPSA) is 0 Å². The summed E-state index contributed by atoms with van der Waals surface area (Å²) in [6.07, 6.45) is 0. The molecule has 0 radical (unpaired) electrons. The van der Waals surface area contributed by atoms with Crippen molar-refractivity contribution in [3.8, 4) is 0 Å². The van der Waals surface area contributed by atoms with Gasteiger partial charge in [-0.2, -0.15) is 0 Å². The van der Waals surface area contributed by atoms with Gasteiger partial charge in [-0.25, -0.2) is 8.78 Å². The summed E-state index contributed by atoms with van der Waals surface area (Å²) in [4.78, 5) is 0. The Morgan fingerprint density at radius 2 is 1.86 bits per heavy atom. The largest absolute Gasteiger partial charge is 0.204 e. The van der Waals surface area contributed by atoms with Crippen LogP contribution in [0.4, 0.5) is 8.78 Å². The van der Waals surface area contributed by atoms with Crippen LogP contribution in [0, 0.1) is 11.6 Å². The first kappa shape index (κ1) is 11.7. The fourth-order valence-corrected chi connectivity index (χ4v) is 2.95. The summed E-state index contributed by atoms with van der Waals surface area (Å²) in [5.41, 5.74) is 1.47. The third-order valence-electron chi connectivity index (χ3n) is 2.03. The van der Waals surface area contributed by atoms with E-state index in [1.165, 1.54) is 12.1 Å². The number of halogens is 3. The molecule has 0 atom stereocenters. The summed E-state index contributed by atoms with van der Waals surface area (Å²) < 4.78 is 25.5. The van der Waals surface area contributed by atoms with E-state index in [-0.39, 0.29) is 0 Å². The maximum atomic E-state index is 12.9. The molecule has 0 amide bonds. The van der Waals surface area contributed by atoms with Crippen LogP contribution in [0.2, 0.25) is 13.1 Å². The van der Waals surface area contributed by atoms with Gasteiger partial charge in [0.15, 0.2) is 11.6 Å². The van der Waals surface area contributed by atoms with Crippen LogP contribution >= 0.6 is 11.6 Å². The van der Waals surface area contributed by atoms with Gasteiger partial charge in [-0.1, -0.05) is 19.2 Å². The molecule has 0 unspecified atom stereocenters. The smallest absolute Gasteiger partial charge is 0.159 e. The molecule has 0 saturated heterocycles. The first-order valence-corrected chi connectivity index (χ1v) is 8.39. The van der Waals surface area contributed by atoms with Gasteiger partial charge in [0.25, 0.3) is 0 Å². The summed E-state index contributed by atoms with van der Waals surface area (Å²) >= 11 is 5.81. The molecule has 0 heterocycles. The van der Waals surface area contributed by atoms with Crippen LogP contribution in [0.1, 0.15) is 5.56 Å². The Balaban J connectivity index is 2.83. The van der Waals surface area contributed by atoms with Crippen LogP contribution in [0.3, 0.4) is 0 Å². The molecule has 0 aliphatic heterocycles. The van der Waals surface area contributed by atoms with Crippen molar-refractivity contribution >= 4 is 19.7 Å². The minimum Gasteiger partial charge on any atom is -0.204 e. The van der Waals surface area contributed by atoms with E-state index in [2.05, 4.69) is 13.1 Å². The monoisotopic (exact) mass is 234 g/mol. The molecule has 0 aromatic heterocycles. The quantitative estimate of drug-likeness (QED) is 0.555. The van der Waals surface area contributed by atoms with Crippen LogP contribution in [-0.2, 0) is 6.04 Å². The third kappa shape index (κ3) is 3.06. The lowest BCUT2D eigenvalue weighted by Gasteiger charge is -2.18. The standard InChI is InChI=1S/C10H13ClF2Si/c1-14(2,7-11)6-8-3-4-9(12)10(13)5-8/h3-5H,6-7H2,1-2H3. The second kappa shape index (κ2) is 4.40. The van der Waals surface area contributed by atoms with Gasteiger partial charge in [0.05, 0.1) is 8.07 Å². The first-order chi connectivity index (χ1) is 6.44. The van der Waals surface area contributed by atoms with Gasteiger partial charge in [-0.3, -0.25) is 0 Å². The van der Waals surface area contributed by atoms with E-state index in [0.29, 0.717) is 5.50 Å². The van der Waals surface area contributed by atoms with E-state index in [9.17, 15) is 8.78 Å². The van der Waals surface area contributed by atoms with E-state index < -0.39 is 19.7 Å². The minimum atomic E-state index is -1.48. The predicted octanol–water partition coefficient (Wildman–Crippen LogP) is 3.53. The number of alkyl halides is 1. The second-order valence-corrected chi connectivity index (χ2v) is 9.97. The molecule has 0 N–H and O–H groups in total. The Bertz CT molecular complexity index is 326. The lowest BCUT2D eigenvalue weighted by molar-refractivity contribution is 0.507. The Kier molecular flexibility index (Phi) is 3.67. The van der Waals surface area contributed by atoms with E-state index in [1.54, 1.807) is 6.07 Å². The molecule has 14 heavy (non-hydrogen) atoms. The fraction of sp³-hybridized carbons (Fsp3) is 0.400. The van der Waals surface area contributed by atoms with Crippen molar-refractivity contribution in [1.82, 2.24) is 0 Å². The third-order valence-corrected chi connectivity index (χ3v) is 6.29. The molecule has 1 aromatic rings. The van der Waals surface area contributed by atoms with Crippen molar-refractivity contribution in [2.45, 2.75) is 19.1 Å². The van der Waals surface area contributed by atoms with E-state index in [0.717, 1.165) is 11.6 Å². The highest BCUT2D eigenvalue weighted by atomic mass is 35.5. The Morgan fingerprint density at radius 1 is 1.21 bits per heavy atom. The maximum absolute atomic E-state index is 12.9. The summed E-state index contributed by atoms with van der Waals surface area (Å²) in [6, 6.07) is 4.84. The Morgan fingerprint density at radius 3 is 2.36 bits per heavy atom. The molecule has 1 rings (SSSR count). The van der Waals surface area contributed by atoms with E-state index in [4.69, 9.17) is 11.6 Å². The molecule has 0 nitrogen and oxygen atoms in total. The Hall–Kier alpha value is -0.413. The van der Waals surface area contributed by atoms with Gasteiger partial charge in [0, 0.05) is 5.50 Å². The normalized spacial score (nSPS) is 11.8. The van der Waals surface area contributed by atoms with Crippen LogP contribution in [0.15, 0.2) is 18.2 Å². The van der Waals surface area contributed by atoms with Crippen LogP contribution < -0.4 is 0 Å². The van der Waals surface area contributed by atoms with Crippen LogP contribution in [0.5, 0.6) is 0 Å². The molecular formula is C10H13ClF2Si. The number of rotatable bonds is 3. The van der Waals surface area contributed by atoms with Crippen LogP contribution in [-0.4, -0.2) is 13.6 Å². The van der Waals surface area contributed by atoms with Gasteiger partial charge in [0.2, 0.25) is 0 Å². The van der Waals surface area contributed by atoms with Crippen molar-refractivity contribution in [2.24, 2.45) is 0 Å². The zero-order valence-corrected chi connectivity index (χ0v) is 10.0. The van der Waals surface area contributed by atoms with Crippen molar-refractivity contribution < 1.29 is 8.78 Å². The van der Waals surface area contributed by atoms with Crippen LogP contribution in [0.25, 0.3) is 0 Å². The molecule has 1 aromatic carbocycles. The number of benzene rings is 1. The molecule has 0 saturated carbocycles. The molecule has 0 bridgehead atoms. The highest BCUT2D eigenvalue weighted by molar-refractivity contribution is 6.82. The average molecular weight is 235 g/mol. The zero-order valence-electron chi connectivity index (χ0n) is 8.28. The van der Waals surface area contributed by atoms with Gasteiger partial charge in [-0.05, 0) is 23.7 Å². The number of hydrogen-bond donors (Lipinski definition) is 0. The molecule has 78 valence electrons. The molecule has 0 aliphatic rings. The van der Waals surface area contributed by atoms with E-state index in [1.807, 2.05) is 0 Å². The molecule has 0 spiro atoms. The van der Waals surface area contributed by atoms with Crippen molar-refractivity contribution in [1.29, 1.82) is 0 Å². The lowest BCUT2D eigenvalue weighted by Crippen LogP contribution is -2.32. The molecule has 0 fully saturated rings. The molecule has 0 aliphatic carbocycles. The van der Waals surface area contributed by atoms with Gasteiger partial charge < -0.3 is 0 Å². The summed E-state index contributed by atoms with van der Waals surface area (Å²) in [7, 11) is -1.48. The van der Waals surface area contributed by atoms with Crippen molar-refractivity contribution in [2.75, 3.05) is 5.50 Å². The SMILES string of the molecule is C[Si](C)(CCl)Cc1ccc(F)c(F)c1. The van der Waals surface area contributed by atoms with Gasteiger partial charge in [-0.15, -0.1) is 11.6 Å². The first-order valence-electron chi connectivity index (χ1n) is 4.44. The predicted molar refractivity (Wildman–Crippen MR) is 58.3 cm³/mol. The Labute approximate surface area is 88.9 Å².